The predicted octanol–water partition coefficient (Wildman–Crippen LogP) is -1.97. The lowest BCUT2D eigenvalue weighted by molar-refractivity contribution is -0.145. The number of ketones is 1. The minimum absolute atomic E-state index is 0. The van der Waals surface area contributed by atoms with Crippen LogP contribution < -0.4 is 10.6 Å². The van der Waals surface area contributed by atoms with Crippen molar-refractivity contribution >= 4 is 101 Å². The van der Waals surface area contributed by atoms with Crippen molar-refractivity contribution in [3.63, 3.8) is 0 Å². The first-order valence-electron chi connectivity index (χ1n) is 37.3. The molecule has 1 aromatic rings. The van der Waals surface area contributed by atoms with Crippen molar-refractivity contribution in [3.8, 4) is 0 Å². The molecule has 1 rings (SSSR count). The van der Waals surface area contributed by atoms with Crippen LogP contribution in [0.25, 0.3) is 0 Å². The van der Waals surface area contributed by atoms with Gasteiger partial charge in [0.1, 0.15) is 12.4 Å². The number of carbonyl (C=O) groups is 16. The van der Waals surface area contributed by atoms with E-state index in [1.807, 2.05) is 20.8 Å². The summed E-state index contributed by atoms with van der Waals surface area (Å²) < 4.78 is 31.8. The van der Waals surface area contributed by atoms with Crippen LogP contribution in [0.15, 0.2) is 24.3 Å². The summed E-state index contributed by atoms with van der Waals surface area (Å²) in [6.07, 6.45) is 3.48. The molecule has 692 valence electrons. The third kappa shape index (κ3) is 74.6. The van der Waals surface area contributed by atoms with Gasteiger partial charge in [-0.05, 0) is 49.8 Å². The van der Waals surface area contributed by atoms with Gasteiger partial charge in [0.2, 0.25) is 11.8 Å². The van der Waals surface area contributed by atoms with Crippen LogP contribution in [-0.4, -0.2) is 468 Å². The van der Waals surface area contributed by atoms with Gasteiger partial charge in [-0.1, -0.05) is 55.2 Å². The van der Waals surface area contributed by atoms with E-state index < -0.39 is 181 Å². The largest absolute Gasteiger partial charge is 0.480 e. The van der Waals surface area contributed by atoms with E-state index in [9.17, 15) is 92.0 Å². The first kappa shape index (κ1) is 119. The van der Waals surface area contributed by atoms with Gasteiger partial charge in [0.15, 0.2) is 0 Å². The molecule has 46 nitrogen and oxygen atoms in total. The number of hydrogen-bond acceptors (Lipinski definition) is 31. The van der Waals surface area contributed by atoms with Crippen LogP contribution in [0, 0.1) is 0 Å². The lowest BCUT2D eigenvalue weighted by atomic mass is 10.0. The fraction of sp³-hybridized carbons (Fsp3) is 0.703. The zero-order chi connectivity index (χ0) is 88.5. The second kappa shape index (κ2) is 74.4. The topological polar surface area (TPSA) is 645 Å². The van der Waals surface area contributed by atoms with Gasteiger partial charge in [-0.15, -0.1) is 0 Å². The number of ether oxygens (including phenoxy) is 6. The minimum atomic E-state index is -1.31. The Labute approximate surface area is 698 Å². The van der Waals surface area contributed by atoms with Crippen molar-refractivity contribution in [1.29, 1.82) is 0 Å². The van der Waals surface area contributed by atoms with E-state index in [2.05, 4.69) is 10.6 Å². The van der Waals surface area contributed by atoms with Gasteiger partial charge in [-0.25, -0.2) is 0 Å². The van der Waals surface area contributed by atoms with E-state index in [0.717, 1.165) is 29.1 Å². The first-order valence-corrected chi connectivity index (χ1v) is 37.3. The highest BCUT2D eigenvalue weighted by molar-refractivity contribution is 5.91. The van der Waals surface area contributed by atoms with E-state index in [-0.39, 0.29) is 152 Å². The molecule has 0 spiro atoms. The number of carboxylic acids is 13. The number of nitrogens with one attached hydrogen (secondary N) is 2. The van der Waals surface area contributed by atoms with Crippen molar-refractivity contribution in [1.82, 2.24) is 49.4 Å². The average Bonchev–Trinajstić information content (AvgIpc) is 0.853. The molecule has 15 N–H and O–H groups in total. The number of hydrogen-bond donors (Lipinski definition) is 15. The Morgan fingerprint density at radius 2 is 0.583 bits per heavy atom. The van der Waals surface area contributed by atoms with Crippen LogP contribution in [-0.2, 0) is 112 Å². The third-order valence-electron chi connectivity index (χ3n) is 15.5. The minimum Gasteiger partial charge on any atom is -0.480 e. The van der Waals surface area contributed by atoms with Gasteiger partial charge in [-0.2, -0.15) is 0 Å². The number of aliphatic carboxylic acids is 13. The van der Waals surface area contributed by atoms with Crippen LogP contribution in [0.2, 0.25) is 0 Å². The molecule has 2 amide bonds. The van der Waals surface area contributed by atoms with Gasteiger partial charge in [0.25, 0.3) is 0 Å². The van der Waals surface area contributed by atoms with Crippen LogP contribution in [0.4, 0.5) is 5.69 Å². The molecule has 120 heavy (non-hydrogen) atoms. The quantitative estimate of drug-likeness (QED) is 0.0315. The van der Waals surface area contributed by atoms with Gasteiger partial charge < -0.3 is 105 Å². The maximum Gasteiger partial charge on any atom is 0.317 e. The van der Waals surface area contributed by atoms with Crippen molar-refractivity contribution in [2.75, 3.05) is 261 Å². The molecule has 0 saturated carbocycles. The number of nitrogens with zero attached hydrogens (tertiary/aromatic N) is 9. The van der Waals surface area contributed by atoms with Crippen LogP contribution >= 0.6 is 0 Å². The molecule has 0 heterocycles. The number of carboxylic acid groups (broad SMARTS) is 13. The summed E-state index contributed by atoms with van der Waals surface area (Å²) >= 11 is 0. The molecular weight excluding hydrogens is 1600 g/mol. The molecule has 0 aliphatic heterocycles. The van der Waals surface area contributed by atoms with Gasteiger partial charge >= 0.3 is 77.6 Å². The number of carbonyl (C=O) groups excluding carboxylic acids is 3. The van der Waals surface area contributed by atoms with E-state index in [1.165, 1.54) is 29.4 Å². The number of benzene rings is 1. The Hall–Kier alpha value is -9.66. The number of Topliss-reactive ketones (excluding diaryl/α,β-unsaturated/α-hetero) is 1. The highest BCUT2D eigenvalue weighted by Crippen LogP contribution is 2.16. The summed E-state index contributed by atoms with van der Waals surface area (Å²) in [7, 11) is 0. The highest BCUT2D eigenvalue weighted by atomic mass is 16.5. The van der Waals surface area contributed by atoms with Crippen molar-refractivity contribution in [2.24, 2.45) is 0 Å². The van der Waals surface area contributed by atoms with E-state index in [1.54, 1.807) is 29.2 Å². The second-order valence-electron chi connectivity index (χ2n) is 26.1. The smallest absolute Gasteiger partial charge is 0.317 e. The molecule has 0 aliphatic carbocycles. The average molecular weight is 1730 g/mol. The Balaban J connectivity index is -0.000000549. The molecule has 0 fully saturated rings. The Kier molecular flexibility index (Phi) is 73.7. The van der Waals surface area contributed by atoms with Crippen LogP contribution in [0.3, 0.4) is 0 Å². The molecule has 46 heteroatoms. The van der Waals surface area contributed by atoms with Crippen LogP contribution in [0.1, 0.15) is 80.7 Å². The van der Waals surface area contributed by atoms with Gasteiger partial charge in [0, 0.05) is 123 Å². The van der Waals surface area contributed by atoms with Gasteiger partial charge in [-0.3, -0.25) is 121 Å². The van der Waals surface area contributed by atoms with E-state index in [4.69, 9.17) is 79.5 Å². The Morgan fingerprint density at radius 1 is 0.308 bits per heavy atom. The molecule has 0 saturated heterocycles. The van der Waals surface area contributed by atoms with Crippen LogP contribution in [0.5, 0.6) is 0 Å². The zero-order valence-corrected chi connectivity index (χ0v) is 66.5. The SMILES string of the molecule is C.C.C.CCCOCCOCC(=O)Nc1ccc(CC(CN(CCN(CC(=O)O)CC(=O)O)CC(=O)O)N(CC(=O)O)CC(=O)O)cc1.CCCOCCOCCCC(=O)CN(CCN(CC(=O)O)CC(=O)O)CCN(CC(=O)O)CC(=O)O.CCCOCCOCCNC(=O)CN(CCN(CCN(CC(=O)O)CC(=O)O)CC(=O)O)CC(=O)O. The Morgan fingerprint density at radius 3 is 0.917 bits per heavy atom. The Bertz CT molecular complexity index is 3010. The molecule has 1 aromatic carbocycles. The summed E-state index contributed by atoms with van der Waals surface area (Å²) in [5, 5.41) is 124. The van der Waals surface area contributed by atoms with E-state index in [0.29, 0.717) is 77.1 Å². The maximum absolute atomic E-state index is 12.5. The standard InChI is InChI=1S/C28H42N4O13.C22H39N3O11.C21H38N4O11.3CH4/c1-2-9-44-10-11-45-19-23(33)29-21-5-3-20(4-6-21)12-22(32(17-27(40)41)18-28(42)43)13-30(14-24(34)35)7-8-31(15-25(36)37)16-26(38)39;1-2-9-35-11-12-36-10-3-4-18(26)13-23(5-7-24(14-19(27)28)15-20(29)30)6-8-25(16-21(31)32)17-22(33)34;1-2-8-35-10-11-36-9-3-22-17(26)12-24(14-19(29)30)6-4-23(13-18(27)28)5-7-25(15-20(31)32)16-21(33)34;;;/h3-6,22H,2,7-19H2,1H3,(H,29,33)(H,34,35)(H,36,37)(H,38,39)(H,40,41)(H,42,43);2-17H2,1H3,(H,27,28)(H,29,30)(H,31,32)(H,33,34);2-16H2,1H3,(H,22,26)(H,27,28)(H,29,30)(H,31,32)(H,33,34);3*1H4. The molecule has 1 atom stereocenters. The van der Waals surface area contributed by atoms with Crippen molar-refractivity contribution in [3.05, 3.63) is 29.8 Å². The number of rotatable bonds is 75. The fourth-order valence-electron chi connectivity index (χ4n) is 10.5. The van der Waals surface area contributed by atoms with Crippen molar-refractivity contribution in [2.45, 2.75) is 87.6 Å². The molecular formula is C74H131N11O35. The summed E-state index contributed by atoms with van der Waals surface area (Å²) in [6.45, 7) is 3.58. The summed E-state index contributed by atoms with van der Waals surface area (Å²) in [6, 6.07) is 5.64. The monoisotopic (exact) mass is 1730 g/mol. The predicted molar refractivity (Wildman–Crippen MR) is 428 cm³/mol. The molecule has 0 bridgehead atoms. The summed E-state index contributed by atoms with van der Waals surface area (Å²) in [4.78, 5) is 194. The number of anilines is 1. The highest BCUT2D eigenvalue weighted by Gasteiger charge is 2.29. The summed E-state index contributed by atoms with van der Waals surface area (Å²) in [5.74, 6) is -17.0. The molecule has 0 aromatic heterocycles. The zero-order valence-electron chi connectivity index (χ0n) is 66.5. The van der Waals surface area contributed by atoms with Crippen molar-refractivity contribution < 1.29 is 172 Å². The lowest BCUT2D eigenvalue weighted by Crippen LogP contribution is -2.51. The number of amides is 2. The fourth-order valence-corrected chi connectivity index (χ4v) is 10.5. The van der Waals surface area contributed by atoms with Gasteiger partial charge in [0.05, 0.1) is 144 Å². The van der Waals surface area contributed by atoms with E-state index >= 15 is 0 Å². The normalized spacial score (nSPS) is 11.2. The second-order valence-corrected chi connectivity index (χ2v) is 26.1. The third-order valence-corrected chi connectivity index (χ3v) is 15.5. The maximum atomic E-state index is 12.5. The molecule has 0 aliphatic rings. The summed E-state index contributed by atoms with van der Waals surface area (Å²) in [5.41, 5.74) is 1.07. The lowest BCUT2D eigenvalue weighted by Gasteiger charge is -2.34. The molecule has 0 radical (unpaired) electrons. The first-order chi connectivity index (χ1) is 55.3. The molecule has 1 unspecified atom stereocenters.